The molecule has 0 aliphatic heterocycles. The number of nitrogens with one attached hydrogen (secondary N) is 1. The molecule has 0 bridgehead atoms. The van der Waals surface area contributed by atoms with Gasteiger partial charge in [-0.1, -0.05) is 58.7 Å². The smallest absolute Gasteiger partial charge is 0.273 e. The first-order valence-electron chi connectivity index (χ1n) is 10.2. The Bertz CT molecular complexity index is 1270. The summed E-state index contributed by atoms with van der Waals surface area (Å²) < 4.78 is 7.46. The van der Waals surface area contributed by atoms with Crippen LogP contribution in [0, 0.1) is 13.8 Å². The summed E-state index contributed by atoms with van der Waals surface area (Å²) in [5, 5.41) is 13.2. The summed E-state index contributed by atoms with van der Waals surface area (Å²) in [7, 11) is 0. The number of aromatic nitrogens is 4. The minimum absolute atomic E-state index is 0.226. The third-order valence-corrected chi connectivity index (χ3v) is 6.39. The summed E-state index contributed by atoms with van der Waals surface area (Å²) in [4.78, 5) is 16.7. The highest BCUT2D eigenvalue weighted by atomic mass is 35.5. The molecule has 0 atom stereocenters. The summed E-state index contributed by atoms with van der Waals surface area (Å²) >= 11 is 13.5. The Morgan fingerprint density at radius 2 is 1.91 bits per heavy atom. The van der Waals surface area contributed by atoms with E-state index >= 15 is 0 Å². The Kier molecular flexibility index (Phi) is 7.37. The minimum Gasteiger partial charge on any atom is -0.447 e. The lowest BCUT2D eigenvalue weighted by Gasteiger charge is -2.08. The summed E-state index contributed by atoms with van der Waals surface area (Å²) in [6.07, 6.45) is 1.94. The fraction of sp³-hybridized carbons (Fsp3) is 0.217. The zero-order valence-electron chi connectivity index (χ0n) is 18.0. The highest BCUT2D eigenvalue weighted by Crippen LogP contribution is 2.25. The summed E-state index contributed by atoms with van der Waals surface area (Å²) in [6, 6.07) is 13.4. The molecule has 2 heterocycles. The maximum atomic E-state index is 12.4. The molecule has 4 aromatic rings. The highest BCUT2D eigenvalue weighted by Gasteiger charge is 2.16. The Labute approximate surface area is 205 Å². The molecule has 4 rings (SSSR count). The summed E-state index contributed by atoms with van der Waals surface area (Å²) in [6.45, 7) is 4.36. The van der Waals surface area contributed by atoms with E-state index in [4.69, 9.17) is 27.6 Å². The van der Waals surface area contributed by atoms with Crippen LogP contribution < -0.4 is 5.32 Å². The van der Waals surface area contributed by atoms with Gasteiger partial charge in [0.05, 0.1) is 5.75 Å². The number of halogens is 2. The van der Waals surface area contributed by atoms with Crippen molar-refractivity contribution in [3.8, 4) is 5.69 Å². The van der Waals surface area contributed by atoms with Crippen LogP contribution in [0.15, 0.2) is 58.3 Å². The van der Waals surface area contributed by atoms with Crippen molar-refractivity contribution in [3.05, 3.63) is 87.3 Å². The highest BCUT2D eigenvalue weighted by molar-refractivity contribution is 7.98. The third kappa shape index (κ3) is 5.76. The van der Waals surface area contributed by atoms with Gasteiger partial charge >= 0.3 is 0 Å². The number of carbonyl (C=O) groups is 1. The molecule has 0 aliphatic carbocycles. The van der Waals surface area contributed by atoms with Gasteiger partial charge in [-0.3, -0.25) is 9.36 Å². The number of aryl methyl sites for hydroxylation is 2. The summed E-state index contributed by atoms with van der Waals surface area (Å²) in [5.41, 5.74) is 3.30. The Morgan fingerprint density at radius 3 is 2.67 bits per heavy atom. The van der Waals surface area contributed by atoms with Gasteiger partial charge in [0.15, 0.2) is 10.9 Å². The fourth-order valence-electron chi connectivity index (χ4n) is 3.16. The second-order valence-corrected chi connectivity index (χ2v) is 9.14. The van der Waals surface area contributed by atoms with E-state index in [1.165, 1.54) is 23.6 Å². The number of thioether (sulfide) groups is 1. The van der Waals surface area contributed by atoms with Gasteiger partial charge in [0.25, 0.3) is 5.91 Å². The Balaban J connectivity index is 1.34. The van der Waals surface area contributed by atoms with E-state index < -0.39 is 0 Å². The number of hydrogen-bond acceptors (Lipinski definition) is 6. The SMILES string of the molecule is Cc1ccc(-n2c(C)nnc2SCc2nc(C(=O)NCCc3ccc(Cl)cc3Cl)co2)cc1. The van der Waals surface area contributed by atoms with Gasteiger partial charge < -0.3 is 9.73 Å². The van der Waals surface area contributed by atoms with Crippen LogP contribution in [-0.2, 0) is 12.2 Å². The first-order chi connectivity index (χ1) is 15.9. The van der Waals surface area contributed by atoms with Crippen LogP contribution in [0.1, 0.15) is 33.3 Å². The molecule has 33 heavy (non-hydrogen) atoms. The molecule has 0 fully saturated rings. The lowest BCUT2D eigenvalue weighted by molar-refractivity contribution is 0.0949. The lowest BCUT2D eigenvalue weighted by Crippen LogP contribution is -2.26. The predicted molar refractivity (Wildman–Crippen MR) is 129 cm³/mol. The molecule has 0 saturated heterocycles. The average Bonchev–Trinajstić information content (AvgIpc) is 3.41. The molecule has 0 saturated carbocycles. The Morgan fingerprint density at radius 1 is 1.12 bits per heavy atom. The molecule has 2 aromatic carbocycles. The van der Waals surface area contributed by atoms with Gasteiger partial charge in [-0.2, -0.15) is 0 Å². The quantitative estimate of drug-likeness (QED) is 0.323. The first-order valence-corrected chi connectivity index (χ1v) is 11.9. The fourth-order valence-corrected chi connectivity index (χ4v) is 4.51. The van der Waals surface area contributed by atoms with Crippen LogP contribution in [0.2, 0.25) is 10.0 Å². The minimum atomic E-state index is -0.307. The number of amides is 1. The van der Waals surface area contributed by atoms with Gasteiger partial charge in [-0.25, -0.2) is 4.98 Å². The largest absolute Gasteiger partial charge is 0.447 e. The van der Waals surface area contributed by atoms with E-state index in [0.29, 0.717) is 34.7 Å². The second kappa shape index (κ2) is 10.4. The standard InChI is InChI=1S/C23H21Cl2N5O2S/c1-14-3-7-18(8-4-14)30-15(2)28-29-23(30)33-13-21-27-20(12-32-21)22(31)26-10-9-16-5-6-17(24)11-19(16)25/h3-8,11-12H,9-10,13H2,1-2H3,(H,26,31). The van der Waals surface area contributed by atoms with E-state index in [-0.39, 0.29) is 11.6 Å². The van der Waals surface area contributed by atoms with E-state index in [9.17, 15) is 4.79 Å². The van der Waals surface area contributed by atoms with Gasteiger partial charge in [0.1, 0.15) is 12.1 Å². The molecule has 1 amide bonds. The lowest BCUT2D eigenvalue weighted by atomic mass is 10.1. The monoisotopic (exact) mass is 501 g/mol. The van der Waals surface area contributed by atoms with Crippen LogP contribution in [0.4, 0.5) is 0 Å². The average molecular weight is 502 g/mol. The molecule has 0 spiro atoms. The van der Waals surface area contributed by atoms with E-state index in [2.05, 4.69) is 20.5 Å². The number of benzene rings is 2. The normalized spacial score (nSPS) is 11.0. The molecule has 0 aliphatic rings. The zero-order valence-corrected chi connectivity index (χ0v) is 20.3. The van der Waals surface area contributed by atoms with Gasteiger partial charge in [-0.15, -0.1) is 10.2 Å². The van der Waals surface area contributed by atoms with Crippen molar-refractivity contribution in [1.82, 2.24) is 25.1 Å². The van der Waals surface area contributed by atoms with Crippen molar-refractivity contribution in [3.63, 3.8) is 0 Å². The summed E-state index contributed by atoms with van der Waals surface area (Å²) in [5.74, 6) is 1.33. The molecule has 10 heteroatoms. The van der Waals surface area contributed by atoms with Crippen molar-refractivity contribution in [1.29, 1.82) is 0 Å². The molecular formula is C23H21Cl2N5O2S. The number of oxazole rings is 1. The van der Waals surface area contributed by atoms with Gasteiger partial charge in [0.2, 0.25) is 5.89 Å². The molecule has 170 valence electrons. The molecule has 0 radical (unpaired) electrons. The molecule has 1 N–H and O–H groups in total. The van der Waals surface area contributed by atoms with Gasteiger partial charge in [0, 0.05) is 22.3 Å². The van der Waals surface area contributed by atoms with Crippen LogP contribution in [0.3, 0.4) is 0 Å². The van der Waals surface area contributed by atoms with Crippen molar-refractivity contribution in [2.75, 3.05) is 6.54 Å². The van der Waals surface area contributed by atoms with Crippen molar-refractivity contribution in [2.24, 2.45) is 0 Å². The van der Waals surface area contributed by atoms with Crippen molar-refractivity contribution in [2.45, 2.75) is 31.2 Å². The molecular weight excluding hydrogens is 481 g/mol. The van der Waals surface area contributed by atoms with Gasteiger partial charge in [-0.05, 0) is 50.1 Å². The topological polar surface area (TPSA) is 85.8 Å². The van der Waals surface area contributed by atoms with Crippen LogP contribution in [0.25, 0.3) is 5.69 Å². The van der Waals surface area contributed by atoms with Crippen molar-refractivity contribution >= 4 is 40.9 Å². The molecule has 0 unspecified atom stereocenters. The molecule has 2 aromatic heterocycles. The molecule has 7 nitrogen and oxygen atoms in total. The maximum absolute atomic E-state index is 12.4. The number of nitrogens with zero attached hydrogens (tertiary/aromatic N) is 4. The maximum Gasteiger partial charge on any atom is 0.273 e. The van der Waals surface area contributed by atoms with Crippen LogP contribution in [0.5, 0.6) is 0 Å². The van der Waals surface area contributed by atoms with E-state index in [0.717, 1.165) is 22.2 Å². The number of hydrogen-bond donors (Lipinski definition) is 1. The van der Waals surface area contributed by atoms with Crippen molar-refractivity contribution < 1.29 is 9.21 Å². The number of carbonyl (C=O) groups excluding carboxylic acids is 1. The predicted octanol–water partition coefficient (Wildman–Crippen LogP) is 5.44. The van der Waals surface area contributed by atoms with E-state index in [1.807, 2.05) is 48.7 Å². The van der Waals surface area contributed by atoms with Crippen LogP contribution in [-0.4, -0.2) is 32.2 Å². The third-order valence-electron chi connectivity index (χ3n) is 4.89. The second-order valence-electron chi connectivity index (χ2n) is 7.36. The first kappa shape index (κ1) is 23.4. The Hall–Kier alpha value is -2.81. The van der Waals surface area contributed by atoms with Crippen LogP contribution >= 0.6 is 35.0 Å². The number of rotatable bonds is 8. The van der Waals surface area contributed by atoms with E-state index in [1.54, 1.807) is 12.1 Å². The zero-order chi connectivity index (χ0) is 23.4.